The largest absolute Gasteiger partial charge is 0.489 e. The fraction of sp³-hybridized carbons (Fsp3) is 0.192. The second-order valence-electron chi connectivity index (χ2n) is 7.90. The minimum atomic E-state index is -1.22. The lowest BCUT2D eigenvalue weighted by Crippen LogP contribution is -2.36. The van der Waals surface area contributed by atoms with Crippen LogP contribution in [-0.2, 0) is 11.3 Å². The second-order valence-corrected chi connectivity index (χ2v) is 7.90. The van der Waals surface area contributed by atoms with Crippen molar-refractivity contribution in [3.8, 4) is 5.75 Å². The van der Waals surface area contributed by atoms with E-state index < -0.39 is 23.0 Å². The topological polar surface area (TPSA) is 64.6 Å². The molecule has 172 valence electrons. The van der Waals surface area contributed by atoms with Gasteiger partial charge in [-0.3, -0.25) is 9.78 Å². The first-order valence-electron chi connectivity index (χ1n) is 10.9. The molecule has 0 spiro atoms. The summed E-state index contributed by atoms with van der Waals surface area (Å²) in [6, 6.07) is 16.2. The van der Waals surface area contributed by atoms with Gasteiger partial charge in [0.2, 0.25) is 0 Å². The van der Waals surface area contributed by atoms with Crippen molar-refractivity contribution in [1.29, 1.82) is 0 Å². The van der Waals surface area contributed by atoms with Gasteiger partial charge in [-0.25, -0.2) is 13.8 Å². The Hall–Kier alpha value is -3.91. The Kier molecular flexibility index (Phi) is 6.14. The maximum absolute atomic E-state index is 14.6. The predicted molar refractivity (Wildman–Crippen MR) is 123 cm³/mol. The molecule has 0 bridgehead atoms. The van der Waals surface area contributed by atoms with Gasteiger partial charge in [0.1, 0.15) is 18.2 Å². The zero-order valence-corrected chi connectivity index (χ0v) is 18.2. The van der Waals surface area contributed by atoms with Crippen LogP contribution in [0.5, 0.6) is 5.75 Å². The Balaban J connectivity index is 1.43. The maximum atomic E-state index is 14.6. The molecular formula is C26H21F2N3O3. The molecule has 5 rings (SSSR count). The van der Waals surface area contributed by atoms with E-state index in [4.69, 9.17) is 9.47 Å². The van der Waals surface area contributed by atoms with Crippen molar-refractivity contribution in [1.82, 2.24) is 9.97 Å². The van der Waals surface area contributed by atoms with E-state index >= 15 is 0 Å². The average Bonchev–Trinajstić information content (AvgIpc) is 2.89. The van der Waals surface area contributed by atoms with Crippen LogP contribution in [0.2, 0.25) is 0 Å². The normalized spacial score (nSPS) is 13.8. The SMILES string of the molecule is O=C(c1ccc2ncc(N3CCOCC3)nc2c1)c1cc(OCc2ccccc2)cc(F)c1F. The summed E-state index contributed by atoms with van der Waals surface area (Å²) >= 11 is 0. The van der Waals surface area contributed by atoms with Crippen LogP contribution >= 0.6 is 0 Å². The predicted octanol–water partition coefficient (Wildman–Crippen LogP) is 4.55. The van der Waals surface area contributed by atoms with E-state index in [2.05, 4.69) is 9.97 Å². The molecule has 0 atom stereocenters. The van der Waals surface area contributed by atoms with Crippen molar-refractivity contribution in [3.63, 3.8) is 0 Å². The van der Waals surface area contributed by atoms with Gasteiger partial charge in [-0.1, -0.05) is 30.3 Å². The molecule has 1 fully saturated rings. The lowest BCUT2D eigenvalue weighted by Gasteiger charge is -2.27. The summed E-state index contributed by atoms with van der Waals surface area (Å²) in [6.45, 7) is 2.76. The molecule has 0 amide bonds. The van der Waals surface area contributed by atoms with Crippen LogP contribution in [0.25, 0.3) is 11.0 Å². The molecule has 8 heteroatoms. The monoisotopic (exact) mass is 461 g/mol. The summed E-state index contributed by atoms with van der Waals surface area (Å²) in [7, 11) is 0. The summed E-state index contributed by atoms with van der Waals surface area (Å²) in [4.78, 5) is 24.2. The van der Waals surface area contributed by atoms with Gasteiger partial charge in [0.05, 0.1) is 36.0 Å². The van der Waals surface area contributed by atoms with E-state index in [0.29, 0.717) is 43.2 Å². The molecule has 0 saturated carbocycles. The summed E-state index contributed by atoms with van der Waals surface area (Å²) in [6.07, 6.45) is 1.68. The highest BCUT2D eigenvalue weighted by atomic mass is 19.2. The quantitative estimate of drug-likeness (QED) is 0.393. The summed E-state index contributed by atoms with van der Waals surface area (Å²) in [5, 5.41) is 0. The van der Waals surface area contributed by atoms with E-state index in [9.17, 15) is 13.6 Å². The molecule has 1 saturated heterocycles. The number of carbonyl (C=O) groups excluding carboxylic acids is 1. The maximum Gasteiger partial charge on any atom is 0.196 e. The number of nitrogens with zero attached hydrogens (tertiary/aromatic N) is 3. The Bertz CT molecular complexity index is 1340. The number of carbonyl (C=O) groups is 1. The molecule has 4 aromatic rings. The van der Waals surface area contributed by atoms with E-state index in [1.807, 2.05) is 35.2 Å². The highest BCUT2D eigenvalue weighted by molar-refractivity contribution is 6.10. The number of morpholine rings is 1. The van der Waals surface area contributed by atoms with Crippen molar-refractivity contribution < 1.29 is 23.0 Å². The third kappa shape index (κ3) is 4.58. The molecule has 0 radical (unpaired) electrons. The van der Waals surface area contributed by atoms with Crippen molar-refractivity contribution in [2.75, 3.05) is 31.2 Å². The van der Waals surface area contributed by atoms with Gasteiger partial charge < -0.3 is 14.4 Å². The van der Waals surface area contributed by atoms with Gasteiger partial charge in [-0.2, -0.15) is 0 Å². The van der Waals surface area contributed by atoms with E-state index in [0.717, 1.165) is 11.6 Å². The van der Waals surface area contributed by atoms with Crippen molar-refractivity contribution >= 4 is 22.6 Å². The number of ketones is 1. The van der Waals surface area contributed by atoms with E-state index in [1.165, 1.54) is 12.1 Å². The number of hydrogen-bond acceptors (Lipinski definition) is 6. The molecule has 0 N–H and O–H groups in total. The number of rotatable bonds is 6. The number of ether oxygens (including phenoxy) is 2. The first kappa shape index (κ1) is 21.9. The minimum absolute atomic E-state index is 0.0706. The molecule has 1 aromatic heterocycles. The van der Waals surface area contributed by atoms with Crippen LogP contribution in [-0.4, -0.2) is 42.1 Å². The summed E-state index contributed by atoms with van der Waals surface area (Å²) in [5.41, 5.74) is 1.73. The smallest absolute Gasteiger partial charge is 0.196 e. The third-order valence-electron chi connectivity index (χ3n) is 5.62. The van der Waals surface area contributed by atoms with Crippen molar-refractivity contribution in [3.05, 3.63) is 95.2 Å². The van der Waals surface area contributed by atoms with Gasteiger partial charge in [-0.15, -0.1) is 0 Å². The molecule has 0 aliphatic carbocycles. The number of benzene rings is 3. The molecule has 3 aromatic carbocycles. The molecule has 34 heavy (non-hydrogen) atoms. The fourth-order valence-corrected chi connectivity index (χ4v) is 3.80. The zero-order chi connectivity index (χ0) is 23.5. The zero-order valence-electron chi connectivity index (χ0n) is 18.2. The molecule has 6 nitrogen and oxygen atoms in total. The van der Waals surface area contributed by atoms with Crippen LogP contribution in [0, 0.1) is 11.6 Å². The highest BCUT2D eigenvalue weighted by Crippen LogP contribution is 2.25. The van der Waals surface area contributed by atoms with Gasteiger partial charge in [0.15, 0.2) is 17.4 Å². The van der Waals surface area contributed by atoms with E-state index in [-0.39, 0.29) is 17.9 Å². The van der Waals surface area contributed by atoms with E-state index in [1.54, 1.807) is 18.3 Å². The molecule has 2 heterocycles. The number of fused-ring (bicyclic) bond motifs is 1. The minimum Gasteiger partial charge on any atom is -0.489 e. The third-order valence-corrected chi connectivity index (χ3v) is 5.62. The average molecular weight is 461 g/mol. The van der Waals surface area contributed by atoms with Crippen LogP contribution in [0.3, 0.4) is 0 Å². The summed E-state index contributed by atoms with van der Waals surface area (Å²) < 4.78 is 39.9. The first-order valence-corrected chi connectivity index (χ1v) is 10.9. The van der Waals surface area contributed by atoms with Crippen LogP contribution in [0.15, 0.2) is 66.9 Å². The van der Waals surface area contributed by atoms with Gasteiger partial charge in [-0.05, 0) is 29.8 Å². The lowest BCUT2D eigenvalue weighted by molar-refractivity contribution is 0.103. The van der Waals surface area contributed by atoms with Gasteiger partial charge in [0, 0.05) is 24.7 Å². The van der Waals surface area contributed by atoms with Crippen LogP contribution in [0.1, 0.15) is 21.5 Å². The van der Waals surface area contributed by atoms with Crippen molar-refractivity contribution in [2.24, 2.45) is 0 Å². The molecule has 1 aliphatic heterocycles. The lowest BCUT2D eigenvalue weighted by atomic mass is 10.0. The van der Waals surface area contributed by atoms with Gasteiger partial charge in [0.25, 0.3) is 0 Å². The Morgan fingerprint density at radius 2 is 1.79 bits per heavy atom. The first-order chi connectivity index (χ1) is 16.6. The number of halogens is 2. The van der Waals surface area contributed by atoms with Crippen LogP contribution in [0.4, 0.5) is 14.6 Å². The van der Waals surface area contributed by atoms with Crippen molar-refractivity contribution in [2.45, 2.75) is 6.61 Å². The number of hydrogen-bond donors (Lipinski definition) is 0. The molecular weight excluding hydrogens is 440 g/mol. The Labute approximate surface area is 194 Å². The number of aromatic nitrogens is 2. The van der Waals surface area contributed by atoms with Crippen LogP contribution < -0.4 is 9.64 Å². The molecule has 0 unspecified atom stereocenters. The number of anilines is 1. The summed E-state index contributed by atoms with van der Waals surface area (Å²) in [5.74, 6) is -2.29. The van der Waals surface area contributed by atoms with Gasteiger partial charge >= 0.3 is 0 Å². The fourth-order valence-electron chi connectivity index (χ4n) is 3.80. The molecule has 1 aliphatic rings. The highest BCUT2D eigenvalue weighted by Gasteiger charge is 2.21. The Morgan fingerprint density at radius 3 is 2.59 bits per heavy atom. The standard InChI is InChI=1S/C26H21F2N3O3/c27-21-14-19(34-16-17-4-2-1-3-5-17)13-20(25(21)28)26(32)18-6-7-22-23(12-18)30-24(15-29-22)31-8-10-33-11-9-31/h1-7,12-15H,8-11,16H2. The Morgan fingerprint density at radius 1 is 1.00 bits per heavy atom. The second kappa shape index (κ2) is 9.52.